The van der Waals surface area contributed by atoms with Crippen LogP contribution in [0.4, 0.5) is 5.13 Å². The van der Waals surface area contributed by atoms with Gasteiger partial charge in [0.15, 0.2) is 5.13 Å². The van der Waals surface area contributed by atoms with Crippen LogP contribution in [0.15, 0.2) is 10.5 Å². The lowest BCUT2D eigenvalue weighted by atomic mass is 10.1. The van der Waals surface area contributed by atoms with Gasteiger partial charge in [0.25, 0.3) is 0 Å². The van der Waals surface area contributed by atoms with E-state index < -0.39 is 5.97 Å². The van der Waals surface area contributed by atoms with E-state index >= 15 is 0 Å². The highest BCUT2D eigenvalue weighted by atomic mass is 32.1. The van der Waals surface area contributed by atoms with E-state index in [-0.39, 0.29) is 11.4 Å². The van der Waals surface area contributed by atoms with Crippen molar-refractivity contribution >= 4 is 28.1 Å². The number of rotatable bonds is 10. The molecule has 112 valence electrons. The number of carbonyl (C=O) groups is 1. The van der Waals surface area contributed by atoms with E-state index in [4.69, 9.17) is 15.7 Å². The number of carboxylic acid groups (broad SMARTS) is 1. The van der Waals surface area contributed by atoms with E-state index in [0.717, 1.165) is 12.8 Å². The number of hydrogen-bond acceptors (Lipinski definition) is 6. The maximum atomic E-state index is 11.1. The number of nitrogens with zero attached hydrogens (tertiary/aromatic N) is 2. The molecule has 0 bridgehead atoms. The van der Waals surface area contributed by atoms with Crippen LogP contribution in [0.5, 0.6) is 0 Å². The Kier molecular flexibility index (Phi) is 7.64. The fourth-order valence-corrected chi connectivity index (χ4v) is 2.20. The van der Waals surface area contributed by atoms with Gasteiger partial charge in [-0.1, -0.05) is 37.8 Å². The van der Waals surface area contributed by atoms with Crippen molar-refractivity contribution < 1.29 is 14.7 Å². The number of hydrogen-bond donors (Lipinski definition) is 2. The lowest BCUT2D eigenvalue weighted by Crippen LogP contribution is -2.15. The van der Waals surface area contributed by atoms with Crippen molar-refractivity contribution in [1.82, 2.24) is 4.98 Å². The minimum absolute atomic E-state index is 0.205. The highest BCUT2D eigenvalue weighted by Crippen LogP contribution is 2.12. The Hall–Kier alpha value is -1.63. The first-order valence-electron chi connectivity index (χ1n) is 6.79. The molecule has 7 heteroatoms. The van der Waals surface area contributed by atoms with Crippen LogP contribution >= 0.6 is 11.3 Å². The molecule has 0 saturated carbocycles. The molecule has 1 rings (SSSR count). The summed E-state index contributed by atoms with van der Waals surface area (Å²) >= 11 is 1.17. The second-order valence-electron chi connectivity index (χ2n) is 4.42. The van der Waals surface area contributed by atoms with Crippen molar-refractivity contribution in [3.05, 3.63) is 11.1 Å². The van der Waals surface area contributed by atoms with Crippen LogP contribution in [0.25, 0.3) is 0 Å². The van der Waals surface area contributed by atoms with E-state index in [1.165, 1.54) is 37.0 Å². The van der Waals surface area contributed by atoms with Crippen LogP contribution in [0.3, 0.4) is 0 Å². The maximum Gasteiger partial charge on any atom is 0.360 e. The topological polar surface area (TPSA) is 97.8 Å². The fraction of sp³-hybridized carbons (Fsp3) is 0.615. The summed E-state index contributed by atoms with van der Waals surface area (Å²) in [5.74, 6) is -1.17. The van der Waals surface area contributed by atoms with Crippen molar-refractivity contribution in [2.45, 2.75) is 45.4 Å². The molecule has 1 aromatic rings. The van der Waals surface area contributed by atoms with Crippen molar-refractivity contribution in [3.8, 4) is 0 Å². The predicted octanol–water partition coefficient (Wildman–Crippen LogP) is 2.89. The molecule has 0 radical (unpaired) electrons. The molecule has 0 saturated heterocycles. The standard InChI is InChI=1S/C13H21N3O3S/c1-2-3-4-5-6-7-8-19-16-11(12(17)18)10-9-20-13(14)15-10/h9H,2-8H2,1H3,(H2,14,15)(H,17,18)/b16-11+. The van der Waals surface area contributed by atoms with Gasteiger partial charge in [-0.05, 0) is 12.8 Å². The van der Waals surface area contributed by atoms with E-state index in [0.29, 0.717) is 11.7 Å². The smallest absolute Gasteiger partial charge is 0.360 e. The maximum absolute atomic E-state index is 11.1. The average molecular weight is 299 g/mol. The lowest BCUT2D eigenvalue weighted by molar-refractivity contribution is -0.129. The van der Waals surface area contributed by atoms with Gasteiger partial charge in [0, 0.05) is 5.38 Å². The molecule has 0 unspecified atom stereocenters. The SMILES string of the molecule is CCCCCCCCO/N=C(/C(=O)O)c1csc(N)n1. The number of aromatic nitrogens is 1. The monoisotopic (exact) mass is 299 g/mol. The minimum Gasteiger partial charge on any atom is -0.476 e. The number of unbranched alkanes of at least 4 members (excludes halogenated alkanes) is 5. The number of thiazole rings is 1. The Morgan fingerprint density at radius 3 is 2.70 bits per heavy atom. The van der Waals surface area contributed by atoms with Crippen molar-refractivity contribution in [2.24, 2.45) is 5.16 Å². The first kappa shape index (κ1) is 16.4. The van der Waals surface area contributed by atoms with E-state index in [9.17, 15) is 4.79 Å². The molecule has 0 amide bonds. The van der Waals surface area contributed by atoms with Gasteiger partial charge in [-0.15, -0.1) is 11.3 Å². The summed E-state index contributed by atoms with van der Waals surface area (Å²) in [6.45, 7) is 2.60. The Bertz CT molecular complexity index is 446. The molecule has 1 heterocycles. The molecule has 20 heavy (non-hydrogen) atoms. The lowest BCUT2D eigenvalue weighted by Gasteiger charge is -2.01. The van der Waals surface area contributed by atoms with E-state index in [2.05, 4.69) is 17.1 Å². The highest BCUT2D eigenvalue weighted by Gasteiger charge is 2.16. The summed E-state index contributed by atoms with van der Waals surface area (Å²) in [5.41, 5.74) is 5.50. The molecule has 0 spiro atoms. The van der Waals surface area contributed by atoms with Crippen LogP contribution in [0.2, 0.25) is 0 Å². The number of aliphatic carboxylic acids is 1. The summed E-state index contributed by atoms with van der Waals surface area (Å²) in [4.78, 5) is 20.0. The fourth-order valence-electron chi connectivity index (χ4n) is 1.65. The van der Waals surface area contributed by atoms with Crippen LogP contribution in [0.1, 0.15) is 51.1 Å². The van der Waals surface area contributed by atoms with Gasteiger partial charge in [0.2, 0.25) is 5.71 Å². The third kappa shape index (κ3) is 6.01. The zero-order chi connectivity index (χ0) is 14.8. The average Bonchev–Trinajstić information content (AvgIpc) is 2.83. The van der Waals surface area contributed by atoms with Gasteiger partial charge >= 0.3 is 5.97 Å². The Labute approximate surface area is 122 Å². The van der Waals surface area contributed by atoms with Crippen LogP contribution < -0.4 is 5.73 Å². The number of oxime groups is 1. The zero-order valence-corrected chi connectivity index (χ0v) is 12.5. The zero-order valence-electron chi connectivity index (χ0n) is 11.7. The summed E-state index contributed by atoms with van der Waals surface area (Å²) in [7, 11) is 0. The number of nitrogens with two attached hydrogens (primary N) is 1. The molecule has 0 aromatic carbocycles. The largest absolute Gasteiger partial charge is 0.476 e. The third-order valence-electron chi connectivity index (χ3n) is 2.71. The number of nitrogen functional groups attached to an aromatic ring is 1. The Morgan fingerprint density at radius 2 is 2.10 bits per heavy atom. The van der Waals surface area contributed by atoms with Gasteiger partial charge < -0.3 is 15.7 Å². The van der Waals surface area contributed by atoms with Gasteiger partial charge in [-0.3, -0.25) is 0 Å². The van der Waals surface area contributed by atoms with Crippen molar-refractivity contribution in [2.75, 3.05) is 12.3 Å². The first-order chi connectivity index (χ1) is 9.65. The molecule has 0 atom stereocenters. The van der Waals surface area contributed by atoms with Gasteiger partial charge in [0.05, 0.1) is 0 Å². The second-order valence-corrected chi connectivity index (χ2v) is 5.31. The van der Waals surface area contributed by atoms with Crippen LogP contribution in [0, 0.1) is 0 Å². The molecule has 0 aliphatic carbocycles. The third-order valence-corrected chi connectivity index (χ3v) is 3.39. The van der Waals surface area contributed by atoms with Crippen LogP contribution in [-0.2, 0) is 9.63 Å². The first-order valence-corrected chi connectivity index (χ1v) is 7.67. The molecular formula is C13H21N3O3S. The molecule has 0 fully saturated rings. The summed E-state index contributed by atoms with van der Waals surface area (Å²) in [6.07, 6.45) is 6.83. The van der Waals surface area contributed by atoms with Gasteiger partial charge in [-0.2, -0.15) is 0 Å². The molecule has 1 aromatic heterocycles. The molecule has 6 nitrogen and oxygen atoms in total. The quantitative estimate of drug-likeness (QED) is 0.393. The Morgan fingerprint density at radius 1 is 1.40 bits per heavy atom. The Balaban J connectivity index is 2.32. The van der Waals surface area contributed by atoms with Crippen molar-refractivity contribution in [1.29, 1.82) is 0 Å². The minimum atomic E-state index is -1.17. The summed E-state index contributed by atoms with van der Waals surface area (Å²) in [6, 6.07) is 0. The highest BCUT2D eigenvalue weighted by molar-refractivity contribution is 7.13. The summed E-state index contributed by atoms with van der Waals surface area (Å²) in [5, 5.41) is 14.6. The predicted molar refractivity (Wildman–Crippen MR) is 80.0 cm³/mol. The van der Waals surface area contributed by atoms with E-state index in [1.807, 2.05) is 0 Å². The van der Waals surface area contributed by atoms with Crippen LogP contribution in [-0.4, -0.2) is 28.4 Å². The van der Waals surface area contributed by atoms with Gasteiger partial charge in [-0.25, -0.2) is 9.78 Å². The van der Waals surface area contributed by atoms with Crippen molar-refractivity contribution in [3.63, 3.8) is 0 Å². The number of carboxylic acids is 1. The molecule has 3 N–H and O–H groups in total. The second kappa shape index (κ2) is 9.30. The van der Waals surface area contributed by atoms with E-state index in [1.54, 1.807) is 5.38 Å². The molecule has 0 aliphatic rings. The normalized spacial score (nSPS) is 11.6. The molecular weight excluding hydrogens is 278 g/mol. The molecule has 0 aliphatic heterocycles. The number of anilines is 1. The van der Waals surface area contributed by atoms with Gasteiger partial charge in [0.1, 0.15) is 12.3 Å². The summed E-state index contributed by atoms with van der Waals surface area (Å²) < 4.78 is 0.